The molecule has 5 rings (SSSR count). The molecule has 202 valence electrons. The summed E-state index contributed by atoms with van der Waals surface area (Å²) in [5.74, 6) is 0.135. The Morgan fingerprint density at radius 3 is 2.53 bits per heavy atom. The number of hydrogen-bond donors (Lipinski definition) is 2. The molecule has 10 heteroatoms. The summed E-state index contributed by atoms with van der Waals surface area (Å²) >= 11 is 6.41. The molecule has 2 N–H and O–H groups in total. The molecule has 0 bridgehead atoms. The van der Waals surface area contributed by atoms with Crippen molar-refractivity contribution in [3.8, 4) is 5.75 Å². The minimum atomic E-state index is -2.82. The third kappa shape index (κ3) is 5.98. The van der Waals surface area contributed by atoms with Gasteiger partial charge in [-0.2, -0.15) is 4.98 Å². The Hall–Kier alpha value is -2.67. The Balaban J connectivity index is 1.36. The van der Waals surface area contributed by atoms with Gasteiger partial charge >= 0.3 is 0 Å². The number of rotatable bonds is 7. The zero-order valence-corrected chi connectivity index (χ0v) is 23.7. The van der Waals surface area contributed by atoms with Gasteiger partial charge in [0.1, 0.15) is 12.2 Å². The van der Waals surface area contributed by atoms with Crippen molar-refractivity contribution in [3.63, 3.8) is 0 Å². The van der Waals surface area contributed by atoms with E-state index in [1.54, 1.807) is 13.3 Å². The molecule has 1 aliphatic carbocycles. The van der Waals surface area contributed by atoms with Gasteiger partial charge in [-0.05, 0) is 94.3 Å². The summed E-state index contributed by atoms with van der Waals surface area (Å²) in [7, 11) is -1.44. The highest BCUT2D eigenvalue weighted by atomic mass is 35.5. The number of hydrogen-bond acceptors (Lipinski definition) is 7. The molecular formula is C28H34ClFN5O2P. The average molecular weight is 558 g/mol. The van der Waals surface area contributed by atoms with Crippen LogP contribution in [0.4, 0.5) is 27.5 Å². The first kappa shape index (κ1) is 26.9. The molecule has 2 aliphatic rings. The van der Waals surface area contributed by atoms with E-state index in [0.717, 1.165) is 18.5 Å². The first-order valence-electron chi connectivity index (χ1n) is 13.1. The van der Waals surface area contributed by atoms with Gasteiger partial charge in [-0.25, -0.2) is 9.37 Å². The van der Waals surface area contributed by atoms with Crippen molar-refractivity contribution in [3.05, 3.63) is 58.5 Å². The normalized spacial score (nSPS) is 18.1. The summed E-state index contributed by atoms with van der Waals surface area (Å²) in [4.78, 5) is 11.6. The van der Waals surface area contributed by atoms with Gasteiger partial charge in [0.05, 0.1) is 19.0 Å². The van der Waals surface area contributed by atoms with E-state index in [2.05, 4.69) is 43.7 Å². The second-order valence-electron chi connectivity index (χ2n) is 10.5. The molecule has 0 spiro atoms. The number of ether oxygens (including phenoxy) is 1. The molecule has 1 fully saturated rings. The lowest BCUT2D eigenvalue weighted by atomic mass is 10.0. The maximum Gasteiger partial charge on any atom is 0.229 e. The molecule has 1 saturated heterocycles. The van der Waals surface area contributed by atoms with Gasteiger partial charge in [0.15, 0.2) is 17.4 Å². The van der Waals surface area contributed by atoms with Crippen molar-refractivity contribution in [2.24, 2.45) is 0 Å². The molecule has 2 heterocycles. The summed E-state index contributed by atoms with van der Waals surface area (Å²) < 4.78 is 32.4. The number of likely N-dealkylation sites (tertiary alicyclic amines) is 1. The molecule has 0 radical (unpaired) electrons. The zero-order valence-electron chi connectivity index (χ0n) is 22.1. The number of halogens is 2. The van der Waals surface area contributed by atoms with Gasteiger partial charge in [0.2, 0.25) is 5.95 Å². The predicted molar refractivity (Wildman–Crippen MR) is 153 cm³/mol. The van der Waals surface area contributed by atoms with Crippen LogP contribution in [0.5, 0.6) is 5.75 Å². The number of anilines is 4. The van der Waals surface area contributed by atoms with E-state index in [4.69, 9.17) is 16.3 Å². The van der Waals surface area contributed by atoms with Crippen molar-refractivity contribution in [2.75, 3.05) is 44.2 Å². The Bertz CT molecular complexity index is 1380. The van der Waals surface area contributed by atoms with E-state index < -0.39 is 13.0 Å². The fourth-order valence-corrected chi connectivity index (χ4v) is 6.72. The van der Waals surface area contributed by atoms with Crippen LogP contribution in [-0.2, 0) is 17.4 Å². The minimum Gasteiger partial charge on any atom is -0.494 e. The smallest absolute Gasteiger partial charge is 0.229 e. The summed E-state index contributed by atoms with van der Waals surface area (Å²) in [6, 6.07) is 9.84. The first-order valence-corrected chi connectivity index (χ1v) is 16.0. The fraction of sp³-hybridized carbons (Fsp3) is 0.429. The number of aromatic nitrogens is 2. The monoisotopic (exact) mass is 557 g/mol. The zero-order chi connectivity index (χ0) is 26.9. The van der Waals surface area contributed by atoms with Crippen LogP contribution >= 0.6 is 18.7 Å². The number of benzene rings is 2. The third-order valence-corrected chi connectivity index (χ3v) is 9.27. The van der Waals surface area contributed by atoms with Gasteiger partial charge in [0, 0.05) is 23.1 Å². The molecular weight excluding hydrogens is 524 g/mol. The minimum absolute atomic E-state index is 0.0326. The lowest BCUT2D eigenvalue weighted by Crippen LogP contribution is -2.32. The van der Waals surface area contributed by atoms with Gasteiger partial charge < -0.3 is 24.8 Å². The van der Waals surface area contributed by atoms with Crippen LogP contribution in [-0.4, -0.2) is 54.4 Å². The van der Waals surface area contributed by atoms with Gasteiger partial charge in [-0.1, -0.05) is 17.7 Å². The van der Waals surface area contributed by atoms with Crippen molar-refractivity contribution in [1.29, 1.82) is 0 Å². The summed E-state index contributed by atoms with van der Waals surface area (Å²) in [5.41, 5.74) is 4.11. The van der Waals surface area contributed by atoms with E-state index in [1.807, 2.05) is 0 Å². The maximum atomic E-state index is 14.4. The molecule has 1 atom stereocenters. The third-order valence-electron chi connectivity index (χ3n) is 7.46. The van der Waals surface area contributed by atoms with E-state index >= 15 is 0 Å². The highest BCUT2D eigenvalue weighted by molar-refractivity contribution is 7.70. The van der Waals surface area contributed by atoms with Crippen LogP contribution in [0.1, 0.15) is 36.8 Å². The molecule has 0 unspecified atom stereocenters. The Kier molecular flexibility index (Phi) is 7.94. The number of methoxy groups -OCH3 is 1. The quantitative estimate of drug-likeness (QED) is 0.259. The van der Waals surface area contributed by atoms with Crippen LogP contribution in [0.25, 0.3) is 0 Å². The standard InChI is InChI=1S/C28H34ClFN5O2P/c1-37-25-16-24(26(15-23(25)30)38(2,3)36)33-27-22(29)17-31-28(34-27)32-20-9-6-18-7-10-21(11-8-19(18)14-20)35-12-4-5-13-35/h6,9,14-17,21H,4-5,7-8,10-13H2,1-3H3,(H2,31,32,33,34)/t21-/m0/s1. The van der Waals surface area contributed by atoms with Crippen LogP contribution in [0.15, 0.2) is 36.5 Å². The number of aryl methyl sites for hydroxylation is 2. The molecule has 38 heavy (non-hydrogen) atoms. The predicted octanol–water partition coefficient (Wildman–Crippen LogP) is 6.36. The van der Waals surface area contributed by atoms with E-state index in [-0.39, 0.29) is 10.8 Å². The molecule has 0 amide bonds. The summed E-state index contributed by atoms with van der Waals surface area (Å²) in [6.07, 6.45) is 8.70. The van der Waals surface area contributed by atoms with E-state index in [9.17, 15) is 8.96 Å². The lowest BCUT2D eigenvalue weighted by molar-refractivity contribution is 0.222. The lowest BCUT2D eigenvalue weighted by Gasteiger charge is -2.25. The van der Waals surface area contributed by atoms with Crippen LogP contribution < -0.4 is 20.7 Å². The van der Waals surface area contributed by atoms with Crippen LogP contribution in [0.2, 0.25) is 5.02 Å². The Morgan fingerprint density at radius 2 is 1.82 bits per heavy atom. The van der Waals surface area contributed by atoms with Crippen molar-refractivity contribution >= 4 is 47.2 Å². The van der Waals surface area contributed by atoms with Crippen molar-refractivity contribution in [2.45, 2.75) is 44.6 Å². The number of nitrogens with one attached hydrogen (secondary N) is 2. The maximum absolute atomic E-state index is 14.4. The second-order valence-corrected chi connectivity index (χ2v) is 14.0. The van der Waals surface area contributed by atoms with Crippen molar-refractivity contribution < 1.29 is 13.7 Å². The van der Waals surface area contributed by atoms with Crippen LogP contribution in [0, 0.1) is 5.82 Å². The Morgan fingerprint density at radius 1 is 1.08 bits per heavy atom. The topological polar surface area (TPSA) is 79.4 Å². The number of fused-ring (bicyclic) bond motifs is 1. The largest absolute Gasteiger partial charge is 0.494 e. The highest BCUT2D eigenvalue weighted by Gasteiger charge is 2.25. The molecule has 3 aromatic rings. The molecule has 1 aromatic heterocycles. The van der Waals surface area contributed by atoms with Crippen molar-refractivity contribution in [1.82, 2.24) is 14.9 Å². The summed E-state index contributed by atoms with van der Waals surface area (Å²) in [6.45, 7) is 5.63. The summed E-state index contributed by atoms with van der Waals surface area (Å²) in [5, 5.41) is 7.04. The number of nitrogens with zero attached hydrogens (tertiary/aromatic N) is 3. The molecule has 2 aromatic carbocycles. The van der Waals surface area contributed by atoms with Gasteiger partial charge in [-0.15, -0.1) is 0 Å². The van der Waals surface area contributed by atoms with Gasteiger partial charge in [0.25, 0.3) is 0 Å². The van der Waals surface area contributed by atoms with Crippen LogP contribution in [0.3, 0.4) is 0 Å². The SMILES string of the molecule is COc1cc(Nc2nc(Nc3ccc4c(c3)CC[C@@H](N3CCCC3)CC4)ncc2Cl)c(P(C)(C)=O)cc1F. The second kappa shape index (κ2) is 11.2. The van der Waals surface area contributed by atoms with Gasteiger partial charge in [-0.3, -0.25) is 0 Å². The first-order chi connectivity index (χ1) is 18.2. The van der Waals surface area contributed by atoms with E-state index in [1.165, 1.54) is 75.3 Å². The fourth-order valence-electron chi connectivity index (χ4n) is 5.46. The average Bonchev–Trinajstić information content (AvgIpc) is 3.34. The molecule has 0 saturated carbocycles. The molecule has 1 aliphatic heterocycles. The highest BCUT2D eigenvalue weighted by Crippen LogP contribution is 2.41. The Labute approximate surface area is 228 Å². The molecule has 7 nitrogen and oxygen atoms in total. The van der Waals surface area contributed by atoms with E-state index in [0.29, 0.717) is 28.8 Å².